The van der Waals surface area contributed by atoms with Gasteiger partial charge in [-0.3, -0.25) is 9.13 Å². The van der Waals surface area contributed by atoms with Gasteiger partial charge in [0.15, 0.2) is 11.6 Å². The molecule has 0 fully saturated rings. The Morgan fingerprint density at radius 2 is 1.24 bits per heavy atom. The van der Waals surface area contributed by atoms with E-state index in [9.17, 15) is 0 Å². The third-order valence-corrected chi connectivity index (χ3v) is 11.7. The van der Waals surface area contributed by atoms with Gasteiger partial charge in [-0.15, -0.1) is 0 Å². The fourth-order valence-electron chi connectivity index (χ4n) is 8.30. The summed E-state index contributed by atoms with van der Waals surface area (Å²) >= 11 is 1.83. The van der Waals surface area contributed by atoms with Gasteiger partial charge in [0.1, 0.15) is 5.65 Å². The first-order valence-electron chi connectivity index (χ1n) is 17.0. The number of rotatable bonds is 3. The number of hydrogen-bond donors (Lipinski definition) is 0. The molecule has 5 nitrogen and oxygen atoms in total. The van der Waals surface area contributed by atoms with Gasteiger partial charge < -0.3 is 0 Å². The first-order valence-corrected chi connectivity index (χ1v) is 17.8. The molecule has 0 amide bonds. The zero-order chi connectivity index (χ0) is 33.1. The molecule has 9 aromatic rings. The average Bonchev–Trinajstić information content (AvgIpc) is 3.76. The number of hydrogen-bond acceptors (Lipinski definition) is 4. The van der Waals surface area contributed by atoms with Crippen LogP contribution in [-0.2, 0) is 5.41 Å². The first kappa shape index (κ1) is 27.9. The summed E-state index contributed by atoms with van der Waals surface area (Å²) in [6.45, 7) is 4.62. The Morgan fingerprint density at radius 3 is 2.14 bits per heavy atom. The molecule has 11 rings (SSSR count). The molecule has 2 aliphatic rings. The van der Waals surface area contributed by atoms with E-state index in [0.29, 0.717) is 17.6 Å². The predicted octanol–water partition coefficient (Wildman–Crippen LogP) is 11.0. The number of para-hydroxylation sites is 3. The molecule has 0 radical (unpaired) electrons. The minimum absolute atomic E-state index is 0.0780. The fourth-order valence-corrected chi connectivity index (χ4v) is 9.39. The van der Waals surface area contributed by atoms with Crippen LogP contribution in [0.15, 0.2) is 149 Å². The molecular weight excluding hydrogens is 631 g/mol. The zero-order valence-electron chi connectivity index (χ0n) is 27.4. The standard InChI is InChI=1S/C44H29N5S/c1-44(2)32-18-8-6-15-28(32)31-25-27(23-24-33(31)44)41-45-40(26-13-4-3-5-14-26)46-43(47-41)49-34-19-9-7-16-29(34)38-30-17-12-22-37-39(30)48(42(38)49)35-20-10-11-21-36(35)50-37/h3-25H,1-2H3. The Balaban J connectivity index is 1.24. The minimum Gasteiger partial charge on any atom is -0.293 e. The van der Waals surface area contributed by atoms with Crippen LogP contribution in [0.2, 0.25) is 0 Å². The summed E-state index contributed by atoms with van der Waals surface area (Å²) in [5, 5.41) is 3.61. The van der Waals surface area contributed by atoms with E-state index in [0.717, 1.165) is 28.0 Å². The summed E-state index contributed by atoms with van der Waals surface area (Å²) in [5.41, 5.74) is 11.5. The minimum atomic E-state index is -0.0780. The van der Waals surface area contributed by atoms with Crippen LogP contribution in [0.1, 0.15) is 25.0 Å². The molecule has 50 heavy (non-hydrogen) atoms. The number of aromatic nitrogens is 5. The first-order chi connectivity index (χ1) is 24.6. The Kier molecular flexibility index (Phi) is 5.60. The van der Waals surface area contributed by atoms with Gasteiger partial charge in [0.05, 0.1) is 16.7 Å². The van der Waals surface area contributed by atoms with Gasteiger partial charge >= 0.3 is 0 Å². The maximum atomic E-state index is 5.35. The highest BCUT2D eigenvalue weighted by Crippen LogP contribution is 2.51. The van der Waals surface area contributed by atoms with Crippen molar-refractivity contribution in [2.45, 2.75) is 29.1 Å². The summed E-state index contributed by atoms with van der Waals surface area (Å²) in [6.07, 6.45) is 0. The topological polar surface area (TPSA) is 48.5 Å². The van der Waals surface area contributed by atoms with E-state index in [-0.39, 0.29) is 5.41 Å². The molecule has 3 aromatic heterocycles. The molecule has 0 unspecified atom stereocenters. The molecule has 0 N–H and O–H groups in total. The molecular formula is C44H29N5S. The molecule has 0 saturated carbocycles. The summed E-state index contributed by atoms with van der Waals surface area (Å²) < 4.78 is 4.68. The normalized spacial score (nSPS) is 13.9. The summed E-state index contributed by atoms with van der Waals surface area (Å²) in [4.78, 5) is 18.3. The van der Waals surface area contributed by atoms with Crippen molar-refractivity contribution in [1.29, 1.82) is 0 Å². The lowest BCUT2D eigenvalue weighted by Crippen LogP contribution is -2.14. The second-order valence-electron chi connectivity index (χ2n) is 13.7. The van der Waals surface area contributed by atoms with Crippen LogP contribution in [0.5, 0.6) is 0 Å². The van der Waals surface area contributed by atoms with Crippen molar-refractivity contribution >= 4 is 44.6 Å². The smallest absolute Gasteiger partial charge is 0.239 e. The number of fused-ring (bicyclic) bond motifs is 10. The van der Waals surface area contributed by atoms with Crippen LogP contribution in [0, 0.1) is 0 Å². The van der Waals surface area contributed by atoms with Crippen LogP contribution in [0.25, 0.3) is 78.4 Å². The Bertz CT molecular complexity index is 2880. The lowest BCUT2D eigenvalue weighted by Gasteiger charge is -2.21. The third kappa shape index (κ3) is 3.71. The van der Waals surface area contributed by atoms with E-state index >= 15 is 0 Å². The summed E-state index contributed by atoms with van der Waals surface area (Å²) in [5.74, 6) is 1.89. The van der Waals surface area contributed by atoms with Crippen molar-refractivity contribution in [3.8, 4) is 45.5 Å². The van der Waals surface area contributed by atoms with Crippen molar-refractivity contribution in [1.82, 2.24) is 24.1 Å². The van der Waals surface area contributed by atoms with Crippen LogP contribution in [0.3, 0.4) is 0 Å². The lowest BCUT2D eigenvalue weighted by molar-refractivity contribution is 0.660. The Hall–Kier alpha value is -5.98. The number of nitrogens with zero attached hydrogens (tertiary/aromatic N) is 5. The van der Waals surface area contributed by atoms with Crippen LogP contribution in [0.4, 0.5) is 0 Å². The van der Waals surface area contributed by atoms with Crippen molar-refractivity contribution in [3.05, 3.63) is 151 Å². The van der Waals surface area contributed by atoms with Crippen molar-refractivity contribution in [3.63, 3.8) is 0 Å². The van der Waals surface area contributed by atoms with E-state index in [1.165, 1.54) is 53.7 Å². The maximum Gasteiger partial charge on any atom is 0.239 e. The maximum absolute atomic E-state index is 5.35. The number of benzene rings is 6. The molecule has 6 aromatic carbocycles. The Labute approximate surface area is 292 Å². The SMILES string of the molecule is CC1(C)c2ccccc2-c2cc(-c3nc(-c4ccccc4)nc(-n4c5ccccc5c5c6cccc7c6n(c54)-c4ccccc4S7)n3)ccc21. The van der Waals surface area contributed by atoms with E-state index < -0.39 is 0 Å². The molecule has 236 valence electrons. The van der Waals surface area contributed by atoms with E-state index in [4.69, 9.17) is 15.0 Å². The van der Waals surface area contributed by atoms with Gasteiger partial charge in [-0.2, -0.15) is 9.97 Å². The molecule has 0 saturated heterocycles. The van der Waals surface area contributed by atoms with Gasteiger partial charge in [-0.25, -0.2) is 4.98 Å². The second-order valence-corrected chi connectivity index (χ2v) is 14.8. The Morgan fingerprint density at radius 1 is 0.540 bits per heavy atom. The lowest BCUT2D eigenvalue weighted by atomic mass is 9.82. The van der Waals surface area contributed by atoms with Crippen molar-refractivity contribution < 1.29 is 0 Å². The molecule has 0 bridgehead atoms. The van der Waals surface area contributed by atoms with Gasteiger partial charge in [0.2, 0.25) is 5.95 Å². The van der Waals surface area contributed by atoms with Gasteiger partial charge in [0.25, 0.3) is 0 Å². The van der Waals surface area contributed by atoms with Gasteiger partial charge in [0, 0.05) is 42.5 Å². The molecule has 0 atom stereocenters. The average molecular weight is 660 g/mol. The van der Waals surface area contributed by atoms with Gasteiger partial charge in [-0.1, -0.05) is 135 Å². The molecule has 1 aliphatic carbocycles. The van der Waals surface area contributed by atoms with Crippen molar-refractivity contribution in [2.24, 2.45) is 0 Å². The predicted molar refractivity (Wildman–Crippen MR) is 204 cm³/mol. The second kappa shape index (κ2) is 10.0. The quantitative estimate of drug-likeness (QED) is 0.189. The van der Waals surface area contributed by atoms with Crippen LogP contribution in [-0.4, -0.2) is 24.1 Å². The summed E-state index contributed by atoms with van der Waals surface area (Å²) in [6, 6.07) is 49.7. The molecule has 0 spiro atoms. The van der Waals surface area contributed by atoms with Crippen LogP contribution >= 0.6 is 11.8 Å². The molecule has 1 aliphatic heterocycles. The highest BCUT2D eigenvalue weighted by molar-refractivity contribution is 7.99. The highest BCUT2D eigenvalue weighted by Gasteiger charge is 2.35. The fraction of sp³-hybridized carbons (Fsp3) is 0.0682. The third-order valence-electron chi connectivity index (χ3n) is 10.6. The molecule has 6 heteroatoms. The van der Waals surface area contributed by atoms with E-state index in [2.05, 4.69) is 144 Å². The monoisotopic (exact) mass is 659 g/mol. The van der Waals surface area contributed by atoms with Crippen molar-refractivity contribution in [2.75, 3.05) is 0 Å². The highest BCUT2D eigenvalue weighted by atomic mass is 32.2. The van der Waals surface area contributed by atoms with E-state index in [1.54, 1.807) is 0 Å². The molecule has 4 heterocycles. The summed E-state index contributed by atoms with van der Waals surface area (Å²) in [7, 11) is 0. The van der Waals surface area contributed by atoms with E-state index in [1.807, 2.05) is 30.0 Å². The largest absolute Gasteiger partial charge is 0.293 e. The van der Waals surface area contributed by atoms with Gasteiger partial charge in [-0.05, 0) is 52.6 Å². The van der Waals surface area contributed by atoms with Crippen LogP contribution < -0.4 is 0 Å². The zero-order valence-corrected chi connectivity index (χ0v) is 28.2.